The van der Waals surface area contributed by atoms with Crippen LogP contribution >= 0.6 is 22.7 Å². The van der Waals surface area contributed by atoms with Crippen molar-refractivity contribution in [3.8, 4) is 17.3 Å². The number of thiazole rings is 1. The molecular formula is C29H33N3O2S2. The summed E-state index contributed by atoms with van der Waals surface area (Å²) in [6.07, 6.45) is 4.55. The van der Waals surface area contributed by atoms with E-state index in [4.69, 9.17) is 9.72 Å². The maximum absolute atomic E-state index is 12.9. The van der Waals surface area contributed by atoms with Gasteiger partial charge < -0.3 is 10.1 Å². The molecule has 5 nitrogen and oxygen atoms in total. The topological polar surface area (TPSA) is 75.0 Å². The van der Waals surface area contributed by atoms with Gasteiger partial charge in [0.15, 0.2) is 0 Å². The van der Waals surface area contributed by atoms with E-state index in [9.17, 15) is 10.1 Å². The predicted octanol–water partition coefficient (Wildman–Crippen LogP) is 7.79. The summed E-state index contributed by atoms with van der Waals surface area (Å²) < 4.78 is 5.41. The number of hydrogen-bond donors (Lipinski definition) is 1. The third kappa shape index (κ3) is 5.40. The summed E-state index contributed by atoms with van der Waals surface area (Å²) in [4.78, 5) is 18.9. The number of aromatic nitrogens is 1. The number of benzene rings is 1. The third-order valence-corrected chi connectivity index (χ3v) is 8.89. The molecule has 0 saturated heterocycles. The molecule has 36 heavy (non-hydrogen) atoms. The molecule has 7 heteroatoms. The fraction of sp³-hybridized carbons (Fsp3) is 0.414. The van der Waals surface area contributed by atoms with Crippen LogP contribution in [0.15, 0.2) is 29.8 Å². The van der Waals surface area contributed by atoms with Crippen LogP contribution < -0.4 is 5.32 Å². The van der Waals surface area contributed by atoms with Crippen molar-refractivity contribution >= 4 is 39.2 Å². The number of rotatable bonds is 6. The van der Waals surface area contributed by atoms with Gasteiger partial charge in [0.1, 0.15) is 21.7 Å². The summed E-state index contributed by atoms with van der Waals surface area (Å²) in [7, 11) is 0. The lowest BCUT2D eigenvalue weighted by Gasteiger charge is -2.33. The normalized spacial score (nSPS) is 15.8. The second-order valence-corrected chi connectivity index (χ2v) is 12.4. The number of aryl methyl sites for hydroxylation is 2. The van der Waals surface area contributed by atoms with Crippen molar-refractivity contribution in [1.82, 2.24) is 4.98 Å². The number of nitrogens with zero attached hydrogens (tertiary/aromatic N) is 2. The number of esters is 1. The van der Waals surface area contributed by atoms with E-state index in [1.807, 2.05) is 12.3 Å². The lowest BCUT2D eigenvalue weighted by Crippen LogP contribution is -2.26. The van der Waals surface area contributed by atoms with Crippen LogP contribution in [0.1, 0.15) is 71.0 Å². The van der Waals surface area contributed by atoms with E-state index in [0.29, 0.717) is 28.7 Å². The Bertz CT molecular complexity index is 1350. The molecule has 1 aliphatic rings. The van der Waals surface area contributed by atoms with Gasteiger partial charge in [-0.25, -0.2) is 9.78 Å². The SMILES string of the molecule is CCOC(=O)c1c(N/C=C(\C#N)c2nc(-c3ccc(C)cc3C)cs2)sc2c1CCC(C(C)(C)C)C2. The molecule has 4 rings (SSSR count). The Morgan fingerprint density at radius 3 is 2.78 bits per heavy atom. The Morgan fingerprint density at radius 1 is 1.33 bits per heavy atom. The zero-order valence-electron chi connectivity index (χ0n) is 21.8. The van der Waals surface area contributed by atoms with Crippen LogP contribution in [0.2, 0.25) is 0 Å². The minimum Gasteiger partial charge on any atom is -0.462 e. The number of ether oxygens (including phenoxy) is 1. The fourth-order valence-electron chi connectivity index (χ4n) is 4.75. The van der Waals surface area contributed by atoms with Crippen molar-refractivity contribution in [3.63, 3.8) is 0 Å². The first-order valence-corrected chi connectivity index (χ1v) is 14.0. The molecule has 1 aromatic carbocycles. The zero-order chi connectivity index (χ0) is 26.0. The van der Waals surface area contributed by atoms with Crippen LogP contribution in [0.25, 0.3) is 16.8 Å². The van der Waals surface area contributed by atoms with Crippen LogP contribution in [0, 0.1) is 36.5 Å². The van der Waals surface area contributed by atoms with Crippen molar-refractivity contribution in [2.75, 3.05) is 11.9 Å². The molecule has 188 valence electrons. The van der Waals surface area contributed by atoms with E-state index in [1.54, 1.807) is 17.5 Å². The molecular weight excluding hydrogens is 486 g/mol. The second kappa shape index (κ2) is 10.6. The van der Waals surface area contributed by atoms with Crippen LogP contribution in [0.4, 0.5) is 5.00 Å². The molecule has 0 saturated carbocycles. The number of hydrogen-bond acceptors (Lipinski definition) is 7. The molecule has 1 aliphatic carbocycles. The highest BCUT2D eigenvalue weighted by Gasteiger charge is 2.34. The first-order valence-electron chi connectivity index (χ1n) is 12.3. The predicted molar refractivity (Wildman–Crippen MR) is 149 cm³/mol. The molecule has 0 fully saturated rings. The first-order chi connectivity index (χ1) is 17.1. The number of nitriles is 1. The van der Waals surface area contributed by atoms with E-state index in [0.717, 1.165) is 46.6 Å². The van der Waals surface area contributed by atoms with Gasteiger partial charge >= 0.3 is 5.97 Å². The summed E-state index contributed by atoms with van der Waals surface area (Å²) in [6, 6.07) is 8.56. The highest BCUT2D eigenvalue weighted by molar-refractivity contribution is 7.16. The van der Waals surface area contributed by atoms with Gasteiger partial charge in [-0.2, -0.15) is 5.26 Å². The van der Waals surface area contributed by atoms with E-state index in [1.165, 1.54) is 21.8 Å². The smallest absolute Gasteiger partial charge is 0.341 e. The molecule has 0 spiro atoms. The summed E-state index contributed by atoms with van der Waals surface area (Å²) in [5.74, 6) is 0.265. The van der Waals surface area contributed by atoms with Crippen LogP contribution in [-0.4, -0.2) is 17.6 Å². The Hall–Kier alpha value is -2.95. The first kappa shape index (κ1) is 26.1. The molecule has 2 aromatic heterocycles. The monoisotopic (exact) mass is 519 g/mol. The standard InChI is InChI=1S/C29H33N3O2S2/c1-7-34-28(33)25-22-11-9-20(29(4,5)6)13-24(22)36-27(25)31-15-19(14-30)26-32-23(16-35-26)21-10-8-17(2)12-18(21)3/h8,10,12,15-16,20,31H,7,9,11,13H2,1-6H3/b19-15+. The molecule has 0 aliphatic heterocycles. The third-order valence-electron chi connectivity index (χ3n) is 6.83. The Labute approximate surface area is 221 Å². The van der Waals surface area contributed by atoms with Crippen molar-refractivity contribution < 1.29 is 9.53 Å². The Kier molecular flexibility index (Phi) is 7.67. The number of anilines is 1. The molecule has 2 heterocycles. The molecule has 0 radical (unpaired) electrons. The minimum atomic E-state index is -0.301. The van der Waals surface area contributed by atoms with Gasteiger partial charge in [0.25, 0.3) is 0 Å². The van der Waals surface area contributed by atoms with Crippen LogP contribution in [-0.2, 0) is 17.6 Å². The average Bonchev–Trinajstić information content (AvgIpc) is 3.43. The second-order valence-electron chi connectivity index (χ2n) is 10.4. The Morgan fingerprint density at radius 2 is 2.11 bits per heavy atom. The Balaban J connectivity index is 1.64. The van der Waals surface area contributed by atoms with Crippen molar-refractivity contribution in [1.29, 1.82) is 5.26 Å². The summed E-state index contributed by atoms with van der Waals surface area (Å²) >= 11 is 3.05. The van der Waals surface area contributed by atoms with E-state index in [-0.39, 0.29) is 11.4 Å². The van der Waals surface area contributed by atoms with Gasteiger partial charge in [-0.3, -0.25) is 0 Å². The molecule has 1 atom stereocenters. The van der Waals surface area contributed by atoms with E-state index < -0.39 is 0 Å². The number of carbonyl (C=O) groups is 1. The van der Waals surface area contributed by atoms with Crippen molar-refractivity contribution in [2.24, 2.45) is 11.3 Å². The van der Waals surface area contributed by atoms with Gasteiger partial charge in [-0.1, -0.05) is 44.5 Å². The summed E-state index contributed by atoms with van der Waals surface area (Å²) in [5.41, 5.74) is 6.66. The number of nitrogens with one attached hydrogen (secondary N) is 1. The van der Waals surface area contributed by atoms with Crippen LogP contribution in [0.3, 0.4) is 0 Å². The van der Waals surface area contributed by atoms with Gasteiger partial charge in [-0.15, -0.1) is 22.7 Å². The van der Waals surface area contributed by atoms with E-state index >= 15 is 0 Å². The largest absolute Gasteiger partial charge is 0.462 e. The number of allylic oxidation sites excluding steroid dienone is 1. The highest BCUT2D eigenvalue weighted by atomic mass is 32.1. The zero-order valence-corrected chi connectivity index (χ0v) is 23.5. The molecule has 3 aromatic rings. The summed E-state index contributed by atoms with van der Waals surface area (Å²) in [5, 5.41) is 16.6. The number of carbonyl (C=O) groups excluding carboxylic acids is 1. The maximum atomic E-state index is 12.9. The average molecular weight is 520 g/mol. The summed E-state index contributed by atoms with van der Waals surface area (Å²) in [6.45, 7) is 13.1. The highest BCUT2D eigenvalue weighted by Crippen LogP contribution is 2.44. The number of thiophene rings is 1. The molecule has 0 bridgehead atoms. The minimum absolute atomic E-state index is 0.214. The van der Waals surface area contributed by atoms with Crippen molar-refractivity contribution in [2.45, 2.75) is 60.8 Å². The number of fused-ring (bicyclic) bond motifs is 1. The molecule has 0 amide bonds. The van der Waals surface area contributed by atoms with Crippen molar-refractivity contribution in [3.05, 3.63) is 61.9 Å². The lowest BCUT2D eigenvalue weighted by atomic mass is 9.72. The van der Waals surface area contributed by atoms with Crippen LogP contribution in [0.5, 0.6) is 0 Å². The molecule has 1 unspecified atom stereocenters. The van der Waals surface area contributed by atoms with Gasteiger partial charge in [-0.05, 0) is 62.5 Å². The van der Waals surface area contributed by atoms with Gasteiger partial charge in [0.05, 0.1) is 17.9 Å². The van der Waals surface area contributed by atoms with E-state index in [2.05, 4.69) is 64.2 Å². The van der Waals surface area contributed by atoms with Gasteiger partial charge in [0.2, 0.25) is 0 Å². The lowest BCUT2D eigenvalue weighted by molar-refractivity contribution is 0.0526. The van der Waals surface area contributed by atoms with Gasteiger partial charge in [0, 0.05) is 22.0 Å². The molecule has 1 N–H and O–H groups in total. The fourth-order valence-corrected chi connectivity index (χ4v) is 6.82. The maximum Gasteiger partial charge on any atom is 0.341 e. The quantitative estimate of drug-likeness (QED) is 0.266.